The number of rotatable bonds is 9. The average Bonchev–Trinajstić information content (AvgIpc) is 2.71. The van der Waals surface area contributed by atoms with Crippen molar-refractivity contribution < 1.29 is 18.3 Å². The van der Waals surface area contributed by atoms with Crippen LogP contribution >= 0.6 is 0 Å². The zero-order valence-electron chi connectivity index (χ0n) is 17.2. The van der Waals surface area contributed by atoms with Gasteiger partial charge in [0.05, 0.1) is 7.11 Å². The van der Waals surface area contributed by atoms with E-state index in [2.05, 4.69) is 45.3 Å². The molecule has 1 atom stereocenters. The van der Waals surface area contributed by atoms with Crippen LogP contribution in [0.4, 0.5) is 8.78 Å². The number of nitrogens with zero attached hydrogens (tertiary/aromatic N) is 2. The SMILES string of the molecule is CN=C(NCc1cc(OC)ccc1OC(F)F)NCC(c1cccnc1)C(C)C. The van der Waals surface area contributed by atoms with Crippen LogP contribution in [0.1, 0.15) is 30.9 Å². The highest BCUT2D eigenvalue weighted by molar-refractivity contribution is 5.79. The summed E-state index contributed by atoms with van der Waals surface area (Å²) in [5.74, 6) is 1.86. The summed E-state index contributed by atoms with van der Waals surface area (Å²) in [4.78, 5) is 8.42. The Morgan fingerprint density at radius 2 is 2.00 bits per heavy atom. The number of pyridine rings is 1. The molecule has 1 heterocycles. The number of guanidine groups is 1. The minimum absolute atomic E-state index is 0.0965. The Balaban J connectivity index is 2.03. The first-order valence-electron chi connectivity index (χ1n) is 9.40. The van der Waals surface area contributed by atoms with Crippen LogP contribution in [0.2, 0.25) is 0 Å². The van der Waals surface area contributed by atoms with Gasteiger partial charge in [-0.1, -0.05) is 19.9 Å². The Hall–Kier alpha value is -2.90. The van der Waals surface area contributed by atoms with Crippen molar-refractivity contribution >= 4 is 5.96 Å². The van der Waals surface area contributed by atoms with Crippen LogP contribution in [0.15, 0.2) is 47.7 Å². The average molecular weight is 406 g/mol. The van der Waals surface area contributed by atoms with Crippen molar-refractivity contribution in [2.45, 2.75) is 32.9 Å². The molecule has 1 aromatic heterocycles. The van der Waals surface area contributed by atoms with E-state index in [-0.39, 0.29) is 18.2 Å². The van der Waals surface area contributed by atoms with Gasteiger partial charge in [0, 0.05) is 44.0 Å². The fourth-order valence-electron chi connectivity index (χ4n) is 2.97. The fourth-order valence-corrected chi connectivity index (χ4v) is 2.97. The maximum absolute atomic E-state index is 12.7. The molecule has 0 radical (unpaired) electrons. The van der Waals surface area contributed by atoms with Crippen LogP contribution in [0, 0.1) is 5.92 Å². The van der Waals surface area contributed by atoms with E-state index >= 15 is 0 Å². The van der Waals surface area contributed by atoms with Gasteiger partial charge in [0.15, 0.2) is 5.96 Å². The molecule has 2 aromatic rings. The molecule has 0 aliphatic rings. The first-order chi connectivity index (χ1) is 13.9. The summed E-state index contributed by atoms with van der Waals surface area (Å²) < 4.78 is 35.1. The van der Waals surface area contributed by atoms with Crippen LogP contribution in [-0.4, -0.2) is 38.3 Å². The first-order valence-corrected chi connectivity index (χ1v) is 9.40. The minimum Gasteiger partial charge on any atom is -0.497 e. The lowest BCUT2D eigenvalue weighted by atomic mass is 9.89. The van der Waals surface area contributed by atoms with Gasteiger partial charge in [0.25, 0.3) is 0 Å². The molecule has 2 rings (SSSR count). The maximum atomic E-state index is 12.7. The Morgan fingerprint density at radius 3 is 2.59 bits per heavy atom. The fraction of sp³-hybridized carbons (Fsp3) is 0.429. The van der Waals surface area contributed by atoms with E-state index in [0.717, 1.165) is 5.56 Å². The normalized spacial score (nSPS) is 12.8. The van der Waals surface area contributed by atoms with Gasteiger partial charge < -0.3 is 20.1 Å². The highest BCUT2D eigenvalue weighted by Gasteiger charge is 2.17. The molecule has 158 valence electrons. The van der Waals surface area contributed by atoms with Gasteiger partial charge in [-0.2, -0.15) is 8.78 Å². The first kappa shape index (κ1) is 22.4. The second-order valence-electron chi connectivity index (χ2n) is 6.80. The van der Waals surface area contributed by atoms with Gasteiger partial charge in [-0.05, 0) is 35.7 Å². The zero-order chi connectivity index (χ0) is 21.2. The largest absolute Gasteiger partial charge is 0.497 e. The minimum atomic E-state index is -2.90. The van der Waals surface area contributed by atoms with E-state index in [1.807, 2.05) is 12.3 Å². The third-order valence-corrected chi connectivity index (χ3v) is 4.56. The summed E-state index contributed by atoms with van der Waals surface area (Å²) in [5.41, 5.74) is 1.69. The molecule has 6 nitrogen and oxygen atoms in total. The van der Waals surface area contributed by atoms with Crippen molar-refractivity contribution in [2.24, 2.45) is 10.9 Å². The molecule has 1 unspecified atom stereocenters. The van der Waals surface area contributed by atoms with Gasteiger partial charge >= 0.3 is 6.61 Å². The summed E-state index contributed by atoms with van der Waals surface area (Å²) in [6.07, 6.45) is 3.62. The third kappa shape index (κ3) is 6.89. The van der Waals surface area contributed by atoms with Crippen molar-refractivity contribution in [2.75, 3.05) is 20.7 Å². The molecule has 0 amide bonds. The number of ether oxygens (including phenoxy) is 2. The molecule has 2 N–H and O–H groups in total. The van der Waals surface area contributed by atoms with Crippen molar-refractivity contribution in [1.82, 2.24) is 15.6 Å². The van der Waals surface area contributed by atoms with Gasteiger partial charge in [-0.25, -0.2) is 0 Å². The summed E-state index contributed by atoms with van der Waals surface area (Å²) in [7, 11) is 3.18. The number of halogens is 2. The van der Waals surface area contributed by atoms with E-state index in [1.54, 1.807) is 25.4 Å². The van der Waals surface area contributed by atoms with Gasteiger partial charge in [-0.15, -0.1) is 0 Å². The number of benzene rings is 1. The smallest absolute Gasteiger partial charge is 0.387 e. The highest BCUT2D eigenvalue weighted by Crippen LogP contribution is 2.26. The molecule has 0 aliphatic heterocycles. The molecular formula is C21H28F2N4O2. The number of hydrogen-bond acceptors (Lipinski definition) is 4. The molecule has 8 heteroatoms. The van der Waals surface area contributed by atoms with Crippen LogP contribution in [0.5, 0.6) is 11.5 Å². The van der Waals surface area contributed by atoms with E-state index < -0.39 is 6.61 Å². The van der Waals surface area contributed by atoms with Gasteiger partial charge in [-0.3, -0.25) is 9.98 Å². The molecule has 0 spiro atoms. The highest BCUT2D eigenvalue weighted by atomic mass is 19.3. The second kappa shape index (κ2) is 11.2. The molecule has 1 aromatic carbocycles. The Morgan fingerprint density at radius 1 is 1.21 bits per heavy atom. The Labute approximate surface area is 170 Å². The van der Waals surface area contributed by atoms with E-state index in [0.29, 0.717) is 29.7 Å². The quantitative estimate of drug-likeness (QED) is 0.490. The molecule has 0 fully saturated rings. The number of alkyl halides is 2. The Bertz CT molecular complexity index is 786. The van der Waals surface area contributed by atoms with Crippen LogP contribution in [-0.2, 0) is 6.54 Å². The predicted molar refractivity (Wildman–Crippen MR) is 110 cm³/mol. The van der Waals surface area contributed by atoms with Gasteiger partial charge in [0.2, 0.25) is 0 Å². The molecule has 0 aliphatic carbocycles. The molecule has 0 saturated carbocycles. The second-order valence-corrected chi connectivity index (χ2v) is 6.80. The summed E-state index contributed by atoms with van der Waals surface area (Å²) >= 11 is 0. The zero-order valence-corrected chi connectivity index (χ0v) is 17.2. The number of aliphatic imine (C=N–C) groups is 1. The summed E-state index contributed by atoms with van der Waals surface area (Å²) in [6.45, 7) is 2.31. The van der Waals surface area contributed by atoms with Crippen molar-refractivity contribution in [3.05, 3.63) is 53.9 Å². The number of nitrogens with one attached hydrogen (secondary N) is 2. The lowest BCUT2D eigenvalue weighted by Gasteiger charge is -2.23. The molecule has 0 saturated heterocycles. The van der Waals surface area contributed by atoms with Crippen LogP contribution < -0.4 is 20.1 Å². The van der Waals surface area contributed by atoms with Crippen molar-refractivity contribution in [1.29, 1.82) is 0 Å². The van der Waals surface area contributed by atoms with E-state index in [9.17, 15) is 8.78 Å². The lowest BCUT2D eigenvalue weighted by molar-refractivity contribution is -0.0504. The lowest BCUT2D eigenvalue weighted by Crippen LogP contribution is -2.39. The third-order valence-electron chi connectivity index (χ3n) is 4.56. The maximum Gasteiger partial charge on any atom is 0.387 e. The van der Waals surface area contributed by atoms with Crippen LogP contribution in [0.25, 0.3) is 0 Å². The number of aromatic nitrogens is 1. The predicted octanol–water partition coefficient (Wildman–Crippen LogP) is 3.80. The van der Waals surface area contributed by atoms with Crippen LogP contribution in [0.3, 0.4) is 0 Å². The molecule has 0 bridgehead atoms. The summed E-state index contributed by atoms with van der Waals surface area (Å²) in [6, 6.07) is 8.68. The molecular weight excluding hydrogens is 378 g/mol. The van der Waals surface area contributed by atoms with Gasteiger partial charge in [0.1, 0.15) is 11.5 Å². The number of hydrogen-bond donors (Lipinski definition) is 2. The van der Waals surface area contributed by atoms with E-state index in [4.69, 9.17) is 4.74 Å². The monoisotopic (exact) mass is 406 g/mol. The number of methoxy groups -OCH3 is 1. The topological polar surface area (TPSA) is 67.8 Å². The standard InChI is InChI=1S/C21H28F2N4O2/c1-14(2)18(15-6-5-9-25-11-15)13-27-21(24-3)26-12-16-10-17(28-4)7-8-19(16)29-20(22)23/h5-11,14,18,20H,12-13H2,1-4H3,(H2,24,26,27). The van der Waals surface area contributed by atoms with Crippen molar-refractivity contribution in [3.8, 4) is 11.5 Å². The Kier molecular flexibility index (Phi) is 8.64. The summed E-state index contributed by atoms with van der Waals surface area (Å²) in [5, 5.41) is 6.44. The van der Waals surface area contributed by atoms with E-state index in [1.165, 1.54) is 13.2 Å². The van der Waals surface area contributed by atoms with Crippen molar-refractivity contribution in [3.63, 3.8) is 0 Å². The molecule has 29 heavy (non-hydrogen) atoms.